The van der Waals surface area contributed by atoms with Crippen molar-refractivity contribution in [3.63, 3.8) is 0 Å². The standard InChI is InChI=1S/C16H21N3O2/c1-19(2)6-5-12-9-17-15-4-3-11(8-14(12)15)7-13-10-21-16(20)18-13/h3-4,8-9,13,17H,5-7,10H2,1-2H3,(H,18,20)/t13-/m0/s1/i1D3,3D,4D,5D2,6D2,8D,10D2,13D/hD2. The number of aryl methyl sites for hydroxylation is 1. The number of nitrogens with zero attached hydrogens (tertiary/aromatic N) is 1. The molecule has 5 heteroatoms. The minimum atomic E-state index is -3.24. The zero-order chi connectivity index (χ0) is 28.0. The summed E-state index contributed by atoms with van der Waals surface area (Å²) >= 11 is 0. The van der Waals surface area contributed by atoms with Crippen molar-refractivity contribution in [2.75, 3.05) is 27.1 Å². The molecule has 5 nitrogen and oxygen atoms in total. The van der Waals surface area contributed by atoms with Crippen LogP contribution in [0.2, 0.25) is 2.82 Å². The number of carbonyl (C=O) groups is 1. The molecule has 1 atom stereocenters. The molecule has 0 aliphatic carbocycles. The first-order valence-electron chi connectivity index (χ1n) is 13.3. The van der Waals surface area contributed by atoms with Crippen molar-refractivity contribution in [3.8, 4) is 0 Å². The van der Waals surface area contributed by atoms with Crippen molar-refractivity contribution >= 4 is 17.0 Å². The van der Waals surface area contributed by atoms with Crippen LogP contribution in [0.15, 0.2) is 24.3 Å². The first kappa shape index (κ1) is 4.74. The number of amides is 1. The maximum atomic E-state index is 11.7. The van der Waals surface area contributed by atoms with Crippen molar-refractivity contribution in [3.05, 3.63) is 35.5 Å². The van der Waals surface area contributed by atoms with Gasteiger partial charge in [0.15, 0.2) is 2.82 Å². The molecule has 1 amide bonds. The minimum absolute atomic E-state index is 0.126. The molecule has 1 aromatic carbocycles. The van der Waals surface area contributed by atoms with Crippen LogP contribution >= 0.6 is 0 Å². The molecule has 3 rings (SSSR count). The van der Waals surface area contributed by atoms with Gasteiger partial charge >= 0.3 is 6.09 Å². The summed E-state index contributed by atoms with van der Waals surface area (Å²) in [5.41, 5.74) is -1.74. The Morgan fingerprint density at radius 3 is 3.43 bits per heavy atom. The van der Waals surface area contributed by atoms with Gasteiger partial charge in [0.05, 0.1) is 14.2 Å². The number of rotatable bonds is 5. The third-order valence-electron chi connectivity index (χ3n) is 2.62. The van der Waals surface area contributed by atoms with E-state index in [-0.39, 0.29) is 10.2 Å². The molecule has 1 fully saturated rings. The third-order valence-corrected chi connectivity index (χ3v) is 2.62. The number of nitrogens with one attached hydrogen (secondary N) is 2. The maximum Gasteiger partial charge on any atom is 0.407 e. The largest absolute Gasteiger partial charge is 0.447 e. The number of carbonyl (C=O) groups excluding carboxylic acids is 1. The highest BCUT2D eigenvalue weighted by Crippen LogP contribution is 2.21. The summed E-state index contributed by atoms with van der Waals surface area (Å²) in [7, 11) is 0.821. The summed E-state index contributed by atoms with van der Waals surface area (Å²) in [6, 6.07) is -5.10. The Morgan fingerprint density at radius 2 is 2.67 bits per heavy atom. The number of hydrogen-bond acceptors (Lipinski definition) is 3. The van der Waals surface area contributed by atoms with Crippen molar-refractivity contribution < 1.29 is 30.2 Å². The lowest BCUT2D eigenvalue weighted by molar-refractivity contribution is 0.177. The number of aromatic amines is 1. The number of hydrogen-bond donors (Lipinski definition) is 2. The molecule has 2 N–H and O–H groups in total. The molecule has 1 aromatic heterocycles. The van der Waals surface area contributed by atoms with Crippen molar-refractivity contribution in [1.82, 2.24) is 15.2 Å². The summed E-state index contributed by atoms with van der Waals surface area (Å²) in [5.74, 6) is 0. The number of alkyl carbamates (subject to hydrolysis) is 1. The van der Waals surface area contributed by atoms with Crippen LogP contribution in [0.25, 0.3) is 10.9 Å². The molecule has 0 unspecified atom stereocenters. The minimum Gasteiger partial charge on any atom is -0.447 e. The number of fused-ring (bicyclic) bond motifs is 1. The monoisotopic (exact) mass is 302 g/mol. The van der Waals surface area contributed by atoms with E-state index < -0.39 is 85.1 Å². The molecule has 1 saturated heterocycles. The van der Waals surface area contributed by atoms with Crippen LogP contribution in [0.4, 0.5) is 4.79 Å². The summed E-state index contributed by atoms with van der Waals surface area (Å²) in [6.45, 7) is -9.38. The van der Waals surface area contributed by atoms with Gasteiger partial charge in [0.1, 0.15) is 6.56 Å². The molecule has 0 radical (unpaired) electrons. The second-order valence-corrected chi connectivity index (χ2v) is 4.25. The summed E-state index contributed by atoms with van der Waals surface area (Å²) in [4.78, 5) is 12.3. The molecular formula is C16H21N3O2. The van der Waals surface area contributed by atoms with Gasteiger partial charge in [-0.15, -0.1) is 0 Å². The van der Waals surface area contributed by atoms with E-state index in [1.54, 1.807) is 0 Å². The second kappa shape index (κ2) is 5.77. The average Bonchev–Trinajstić information content (AvgIpc) is 3.16. The Morgan fingerprint density at radius 1 is 1.76 bits per heavy atom. The zero-order valence-corrected chi connectivity index (χ0v) is 10.9. The highest BCUT2D eigenvalue weighted by molar-refractivity contribution is 5.84. The Labute approximate surface area is 145 Å². The van der Waals surface area contributed by atoms with Crippen LogP contribution in [-0.4, -0.2) is 49.1 Å². The average molecular weight is 302 g/mol. The van der Waals surface area contributed by atoms with Gasteiger partial charge in [0.2, 0.25) is 0 Å². The van der Waals surface area contributed by atoms with E-state index in [0.717, 1.165) is 13.2 Å². The lowest BCUT2D eigenvalue weighted by Gasteiger charge is -2.09. The predicted octanol–water partition coefficient (Wildman–Crippen LogP) is 1.92. The lowest BCUT2D eigenvalue weighted by atomic mass is 10.0. The lowest BCUT2D eigenvalue weighted by Crippen LogP contribution is -2.28. The number of benzene rings is 1. The summed E-state index contributed by atoms with van der Waals surface area (Å²) in [5, 5.41) is -0.667. The van der Waals surface area contributed by atoms with Crippen LogP contribution in [0, 0.1) is 0 Å². The zero-order valence-electron chi connectivity index (χ0n) is 25.9. The van der Waals surface area contributed by atoms with E-state index in [1.807, 2.05) is 0 Å². The van der Waals surface area contributed by atoms with Crippen LogP contribution < -0.4 is 5.31 Å². The second-order valence-electron chi connectivity index (χ2n) is 4.25. The summed E-state index contributed by atoms with van der Waals surface area (Å²) in [6.07, 6.45) is -4.98. The van der Waals surface area contributed by atoms with Gasteiger partial charge in [-0.05, 0) is 50.0 Å². The van der Waals surface area contributed by atoms with Crippen LogP contribution in [0.5, 0.6) is 0 Å². The highest BCUT2D eigenvalue weighted by atomic mass is 16.6. The molecule has 2 aromatic rings. The van der Waals surface area contributed by atoms with E-state index in [9.17, 15) is 4.79 Å². The van der Waals surface area contributed by atoms with Gasteiger partial charge < -0.3 is 19.9 Å². The SMILES string of the molecule is [2H]c1c(C[C@]2([2H])N([2H])C(=O)OC2([2H])[2H])c([2H])c2c(C([2H])([2H])C([2H])([2H])N(C)C([2H])([2H])[2H])cn([2H])c2c1[2H]. The fourth-order valence-electron chi connectivity index (χ4n) is 1.75. The van der Waals surface area contributed by atoms with E-state index in [2.05, 4.69) is 4.74 Å². The normalized spacial score (nSPS) is 37.0. The van der Waals surface area contributed by atoms with Gasteiger partial charge in [0, 0.05) is 33.2 Å². The van der Waals surface area contributed by atoms with Gasteiger partial charge in [0.25, 0.3) is 0 Å². The Bertz CT molecular complexity index is 1240. The van der Waals surface area contributed by atoms with Crippen LogP contribution in [0.3, 0.4) is 0 Å². The highest BCUT2D eigenvalue weighted by Gasteiger charge is 2.22. The van der Waals surface area contributed by atoms with E-state index >= 15 is 0 Å². The van der Waals surface area contributed by atoms with Gasteiger partial charge in [-0.1, -0.05) is 6.04 Å². The molecule has 0 spiro atoms. The first-order valence-corrected chi connectivity index (χ1v) is 5.93. The first-order chi connectivity index (χ1) is 16.0. The predicted molar refractivity (Wildman–Crippen MR) is 82.5 cm³/mol. The molecule has 2 heterocycles. The number of ether oxygens (including phenoxy) is 1. The van der Waals surface area contributed by atoms with Crippen molar-refractivity contribution in [1.29, 1.82) is 0 Å². The summed E-state index contributed by atoms with van der Waals surface area (Å²) < 4.78 is 125. The fourth-order valence-corrected chi connectivity index (χ4v) is 1.75. The fraction of sp³-hybridized carbons (Fsp3) is 0.438. The van der Waals surface area contributed by atoms with E-state index in [1.165, 1.54) is 0 Å². The van der Waals surface area contributed by atoms with Crippen LogP contribution in [0.1, 0.15) is 28.9 Å². The smallest absolute Gasteiger partial charge is 0.407 e. The van der Waals surface area contributed by atoms with Crippen LogP contribution in [-0.2, 0) is 17.5 Å². The van der Waals surface area contributed by atoms with Gasteiger partial charge in [-0.25, -0.2) is 4.79 Å². The Balaban J connectivity index is 2.32. The van der Waals surface area contributed by atoms with Gasteiger partial charge in [-0.2, -0.15) is 0 Å². The molecule has 21 heavy (non-hydrogen) atoms. The number of aromatic nitrogens is 1. The number of likely N-dealkylation sites (N-methyl/N-ethyl adjacent to an activating group) is 1. The Hall–Kier alpha value is -2.01. The Kier molecular flexibility index (Phi) is 1.30. The molecule has 1 aliphatic rings. The molecule has 112 valence electrons. The molecule has 0 bridgehead atoms. The number of cyclic esters (lactones) is 1. The third kappa shape index (κ3) is 3.19. The topological polar surface area (TPSA) is 57.4 Å². The quantitative estimate of drug-likeness (QED) is 0.887. The van der Waals surface area contributed by atoms with Crippen molar-refractivity contribution in [2.45, 2.75) is 18.8 Å². The van der Waals surface area contributed by atoms with E-state index in [4.69, 9.17) is 20.6 Å². The van der Waals surface area contributed by atoms with E-state index in [0.29, 0.717) is 4.98 Å². The maximum absolute atomic E-state index is 11.7. The molecule has 0 saturated carbocycles. The molecular weight excluding hydrogens is 266 g/mol. The molecule has 1 aliphatic heterocycles. The number of H-pyrrole nitrogens is 1. The van der Waals surface area contributed by atoms with Crippen molar-refractivity contribution in [2.24, 2.45) is 0 Å². The van der Waals surface area contributed by atoms with Gasteiger partial charge in [-0.3, -0.25) is 0 Å².